The van der Waals surface area contributed by atoms with Crippen LogP contribution in [-0.4, -0.2) is 47.1 Å². The molecule has 2 heterocycles. The van der Waals surface area contributed by atoms with Crippen molar-refractivity contribution in [2.24, 2.45) is 0 Å². The fourth-order valence-corrected chi connectivity index (χ4v) is 3.42. The van der Waals surface area contributed by atoms with Crippen LogP contribution in [0.15, 0.2) is 53.0 Å². The van der Waals surface area contributed by atoms with Gasteiger partial charge in [0.05, 0.1) is 0 Å². The topological polar surface area (TPSA) is 89.3 Å². The number of nitrogens with zero attached hydrogens (tertiary/aromatic N) is 2. The van der Waals surface area contributed by atoms with Gasteiger partial charge in [0.1, 0.15) is 23.5 Å². The first kappa shape index (κ1) is 24.1. The number of carbonyl (C=O) groups is 3. The third-order valence-electron chi connectivity index (χ3n) is 5.09. The lowest BCUT2D eigenvalue weighted by molar-refractivity contribution is -0.148. The third kappa shape index (κ3) is 6.03. The van der Waals surface area contributed by atoms with Crippen molar-refractivity contribution in [1.29, 1.82) is 0 Å². The molecule has 8 heteroatoms. The predicted octanol–water partition coefficient (Wildman–Crippen LogP) is 4.40. The van der Waals surface area contributed by atoms with E-state index >= 15 is 0 Å². The number of piperazine rings is 1. The lowest BCUT2D eigenvalue weighted by atomic mass is 9.98. The molecular formula is C25H30N2O6. The van der Waals surface area contributed by atoms with E-state index in [2.05, 4.69) is 0 Å². The van der Waals surface area contributed by atoms with Gasteiger partial charge in [0.15, 0.2) is 0 Å². The Labute approximate surface area is 193 Å². The van der Waals surface area contributed by atoms with Crippen LogP contribution in [0.1, 0.15) is 45.9 Å². The molecule has 1 aliphatic rings. The second-order valence-corrected chi connectivity index (χ2v) is 9.25. The molecule has 0 atom stereocenters. The van der Waals surface area contributed by atoms with E-state index in [0.29, 0.717) is 11.6 Å². The van der Waals surface area contributed by atoms with Crippen molar-refractivity contribution in [3.63, 3.8) is 0 Å². The molecule has 0 unspecified atom stereocenters. The Morgan fingerprint density at radius 2 is 1.79 bits per heavy atom. The molecule has 0 radical (unpaired) electrons. The predicted molar refractivity (Wildman–Crippen MR) is 123 cm³/mol. The zero-order valence-corrected chi connectivity index (χ0v) is 19.7. The van der Waals surface area contributed by atoms with Crippen LogP contribution in [0.2, 0.25) is 0 Å². The van der Waals surface area contributed by atoms with Gasteiger partial charge in [0.25, 0.3) is 5.91 Å². The van der Waals surface area contributed by atoms with Crippen LogP contribution in [0, 0.1) is 0 Å². The van der Waals surface area contributed by atoms with Crippen LogP contribution in [0.3, 0.4) is 0 Å². The molecule has 33 heavy (non-hydrogen) atoms. The zero-order chi connectivity index (χ0) is 24.2. The molecule has 3 rings (SSSR count). The number of benzene rings is 1. The van der Waals surface area contributed by atoms with Gasteiger partial charge in [0.2, 0.25) is 5.88 Å². The molecular weight excluding hydrogens is 424 g/mol. The highest BCUT2D eigenvalue weighted by Gasteiger charge is 2.46. The van der Waals surface area contributed by atoms with Crippen LogP contribution in [-0.2, 0) is 25.7 Å². The number of ether oxygens (including phenoxy) is 2. The third-order valence-corrected chi connectivity index (χ3v) is 5.09. The van der Waals surface area contributed by atoms with Crippen molar-refractivity contribution in [3.8, 4) is 0 Å². The summed E-state index contributed by atoms with van der Waals surface area (Å²) in [4.78, 5) is 40.7. The van der Waals surface area contributed by atoms with Crippen LogP contribution >= 0.6 is 0 Å². The van der Waals surface area contributed by atoms with Gasteiger partial charge in [-0.15, -0.1) is 0 Å². The summed E-state index contributed by atoms with van der Waals surface area (Å²) in [6.45, 7) is 9.39. The van der Waals surface area contributed by atoms with Crippen molar-refractivity contribution in [2.75, 3.05) is 18.0 Å². The Balaban J connectivity index is 1.64. The van der Waals surface area contributed by atoms with Gasteiger partial charge in [-0.1, -0.05) is 30.3 Å². The molecule has 0 aliphatic carbocycles. The van der Waals surface area contributed by atoms with Gasteiger partial charge in [-0.05, 0) is 52.3 Å². The van der Waals surface area contributed by atoms with Crippen molar-refractivity contribution in [2.45, 2.75) is 52.4 Å². The number of hydrogen-bond acceptors (Lipinski definition) is 6. The van der Waals surface area contributed by atoms with Crippen LogP contribution in [0.25, 0.3) is 6.08 Å². The van der Waals surface area contributed by atoms with E-state index in [-0.39, 0.29) is 25.6 Å². The normalized spacial score (nSPS) is 16.2. The number of rotatable bonds is 5. The van der Waals surface area contributed by atoms with Gasteiger partial charge < -0.3 is 13.9 Å². The van der Waals surface area contributed by atoms with E-state index in [0.717, 1.165) is 5.56 Å². The van der Waals surface area contributed by atoms with E-state index in [1.54, 1.807) is 46.8 Å². The molecule has 8 nitrogen and oxygen atoms in total. The van der Waals surface area contributed by atoms with Crippen molar-refractivity contribution >= 4 is 29.9 Å². The first-order valence-corrected chi connectivity index (χ1v) is 10.8. The first-order valence-electron chi connectivity index (χ1n) is 10.8. The van der Waals surface area contributed by atoms with Gasteiger partial charge in [-0.3, -0.25) is 14.6 Å². The maximum atomic E-state index is 13.2. The highest BCUT2D eigenvalue weighted by atomic mass is 16.6. The molecule has 2 aromatic rings. The van der Waals surface area contributed by atoms with Gasteiger partial charge in [0, 0.05) is 25.2 Å². The number of anilines is 1. The summed E-state index contributed by atoms with van der Waals surface area (Å²) in [6.07, 6.45) is 2.22. The average molecular weight is 455 g/mol. The summed E-state index contributed by atoms with van der Waals surface area (Å²) in [5.74, 6) is -0.0249. The molecule has 1 aromatic carbocycles. The maximum absolute atomic E-state index is 13.2. The van der Waals surface area contributed by atoms with Crippen LogP contribution < -0.4 is 4.90 Å². The molecule has 1 aliphatic heterocycles. The van der Waals surface area contributed by atoms with E-state index in [1.807, 2.05) is 30.3 Å². The second kappa shape index (κ2) is 9.52. The Morgan fingerprint density at radius 3 is 2.45 bits per heavy atom. The molecule has 0 spiro atoms. The van der Waals surface area contributed by atoms with Crippen LogP contribution in [0.5, 0.6) is 0 Å². The summed E-state index contributed by atoms with van der Waals surface area (Å²) in [6, 6.07) is 12.7. The minimum Gasteiger partial charge on any atom is -0.457 e. The molecule has 0 N–H and O–H groups in total. The molecule has 2 amide bonds. The average Bonchev–Trinajstić information content (AvgIpc) is 3.21. The van der Waals surface area contributed by atoms with Crippen molar-refractivity contribution < 1.29 is 28.3 Å². The first-order chi connectivity index (χ1) is 15.5. The highest BCUT2D eigenvalue weighted by molar-refractivity contribution is 6.01. The quantitative estimate of drug-likeness (QED) is 0.491. The Bertz CT molecular complexity index is 1030. The molecule has 1 aromatic heterocycles. The summed E-state index contributed by atoms with van der Waals surface area (Å²) < 4.78 is 16.4. The fraction of sp³-hybridized carbons (Fsp3) is 0.400. The number of esters is 1. The van der Waals surface area contributed by atoms with Gasteiger partial charge in [-0.25, -0.2) is 9.59 Å². The molecule has 176 valence electrons. The highest BCUT2D eigenvalue weighted by Crippen LogP contribution is 2.29. The summed E-state index contributed by atoms with van der Waals surface area (Å²) in [7, 11) is 0. The largest absolute Gasteiger partial charge is 0.457 e. The number of carbonyl (C=O) groups excluding carboxylic acids is 3. The van der Waals surface area contributed by atoms with Gasteiger partial charge >= 0.3 is 12.1 Å². The summed E-state index contributed by atoms with van der Waals surface area (Å²) in [5.41, 5.74) is -0.836. The van der Waals surface area contributed by atoms with E-state index in [4.69, 9.17) is 13.9 Å². The minimum atomic E-state index is -1.12. The fourth-order valence-electron chi connectivity index (χ4n) is 3.42. The number of amides is 2. The van der Waals surface area contributed by atoms with E-state index < -0.39 is 23.2 Å². The Hall–Kier alpha value is -3.55. The van der Waals surface area contributed by atoms with Crippen molar-refractivity contribution in [3.05, 3.63) is 59.9 Å². The lowest BCUT2D eigenvalue weighted by Gasteiger charge is -2.44. The monoisotopic (exact) mass is 454 g/mol. The molecule has 0 saturated carbocycles. The summed E-state index contributed by atoms with van der Waals surface area (Å²) in [5, 5.41) is 0. The van der Waals surface area contributed by atoms with E-state index in [9.17, 15) is 14.4 Å². The molecule has 1 saturated heterocycles. The summed E-state index contributed by atoms with van der Waals surface area (Å²) >= 11 is 0. The van der Waals surface area contributed by atoms with Gasteiger partial charge in [-0.2, -0.15) is 0 Å². The second-order valence-electron chi connectivity index (χ2n) is 9.25. The number of hydrogen-bond donors (Lipinski definition) is 0. The smallest absolute Gasteiger partial charge is 0.411 e. The maximum Gasteiger partial charge on any atom is 0.411 e. The minimum absolute atomic E-state index is 0.135. The van der Waals surface area contributed by atoms with E-state index in [1.165, 1.54) is 22.0 Å². The zero-order valence-electron chi connectivity index (χ0n) is 19.7. The molecule has 1 fully saturated rings. The Kier molecular flexibility index (Phi) is 6.95. The van der Waals surface area contributed by atoms with Crippen LogP contribution in [0.4, 0.5) is 10.7 Å². The standard InChI is InChI=1S/C25H30N2O6/c1-24(2,3)33-21(28)14-12-19-11-13-20(32-19)26-15-16-27(25(4,5)22(26)29)23(30)31-17-18-9-7-6-8-10-18/h6-14H,15-17H2,1-5H3/b14-12+. The molecule has 0 bridgehead atoms. The number of furan rings is 1. The lowest BCUT2D eigenvalue weighted by Crippen LogP contribution is -2.64. The SMILES string of the molecule is CC(C)(C)OC(=O)/C=C/c1ccc(N2CCN(C(=O)OCc3ccccc3)C(C)(C)C2=O)o1. The van der Waals surface area contributed by atoms with Crippen molar-refractivity contribution in [1.82, 2.24) is 4.90 Å². The Morgan fingerprint density at radius 1 is 1.09 bits per heavy atom.